The molecule has 1 heterocycles. The number of hydrogen-bond acceptors (Lipinski definition) is 3. The molecule has 1 N–H and O–H groups in total. The molecule has 16 heavy (non-hydrogen) atoms. The molecule has 0 unspecified atom stereocenters. The Labute approximate surface area is 97.9 Å². The van der Waals surface area contributed by atoms with Crippen molar-refractivity contribution in [3.63, 3.8) is 0 Å². The standard InChI is InChI=1S/C13H23NO2/c1-12(2,3)16-11(15)13(10-4-5-10)6-8-14-9-7-13/h10,14H,4-9H2,1-3H3. The van der Waals surface area contributed by atoms with Crippen molar-refractivity contribution in [2.45, 2.75) is 52.1 Å². The predicted molar refractivity (Wildman–Crippen MR) is 63.1 cm³/mol. The van der Waals surface area contributed by atoms with E-state index in [1.807, 2.05) is 20.8 Å². The van der Waals surface area contributed by atoms with E-state index in [0.717, 1.165) is 25.9 Å². The van der Waals surface area contributed by atoms with Crippen molar-refractivity contribution in [3.05, 3.63) is 0 Å². The zero-order valence-electron chi connectivity index (χ0n) is 10.6. The van der Waals surface area contributed by atoms with Crippen molar-refractivity contribution in [2.24, 2.45) is 11.3 Å². The number of rotatable bonds is 2. The summed E-state index contributed by atoms with van der Waals surface area (Å²) in [5.41, 5.74) is -0.525. The maximum Gasteiger partial charge on any atom is 0.312 e. The van der Waals surface area contributed by atoms with E-state index < -0.39 is 0 Å². The van der Waals surface area contributed by atoms with Crippen LogP contribution in [-0.2, 0) is 9.53 Å². The summed E-state index contributed by atoms with van der Waals surface area (Å²) in [5.74, 6) is 0.633. The van der Waals surface area contributed by atoms with Crippen LogP contribution in [0.5, 0.6) is 0 Å². The molecule has 92 valence electrons. The van der Waals surface area contributed by atoms with Crippen molar-refractivity contribution in [2.75, 3.05) is 13.1 Å². The van der Waals surface area contributed by atoms with Gasteiger partial charge in [0.2, 0.25) is 0 Å². The summed E-state index contributed by atoms with van der Waals surface area (Å²) in [7, 11) is 0. The van der Waals surface area contributed by atoms with Crippen molar-refractivity contribution >= 4 is 5.97 Å². The van der Waals surface area contributed by atoms with Crippen LogP contribution in [0.3, 0.4) is 0 Å². The highest BCUT2D eigenvalue weighted by Gasteiger charge is 2.52. The van der Waals surface area contributed by atoms with Gasteiger partial charge in [-0.1, -0.05) is 0 Å². The Morgan fingerprint density at radius 1 is 1.25 bits per heavy atom. The highest BCUT2D eigenvalue weighted by atomic mass is 16.6. The van der Waals surface area contributed by atoms with Gasteiger partial charge in [0.15, 0.2) is 0 Å². The van der Waals surface area contributed by atoms with E-state index in [1.54, 1.807) is 0 Å². The van der Waals surface area contributed by atoms with Gasteiger partial charge in [-0.2, -0.15) is 0 Å². The first-order chi connectivity index (χ1) is 7.44. The quantitative estimate of drug-likeness (QED) is 0.731. The van der Waals surface area contributed by atoms with Gasteiger partial charge in [-0.15, -0.1) is 0 Å². The van der Waals surface area contributed by atoms with Gasteiger partial charge >= 0.3 is 5.97 Å². The molecule has 0 atom stereocenters. The second-order valence-electron chi connectivity index (χ2n) is 6.18. The van der Waals surface area contributed by atoms with Gasteiger partial charge in [0, 0.05) is 0 Å². The van der Waals surface area contributed by atoms with Crippen LogP contribution in [0, 0.1) is 11.3 Å². The number of hydrogen-bond donors (Lipinski definition) is 1. The third kappa shape index (κ3) is 2.40. The molecule has 3 heteroatoms. The lowest BCUT2D eigenvalue weighted by molar-refractivity contribution is -0.171. The molecule has 1 saturated carbocycles. The number of carbonyl (C=O) groups excluding carboxylic acids is 1. The fourth-order valence-electron chi connectivity index (χ4n) is 2.67. The van der Waals surface area contributed by atoms with E-state index in [0.29, 0.717) is 5.92 Å². The monoisotopic (exact) mass is 225 g/mol. The molecule has 2 rings (SSSR count). The molecular formula is C13H23NO2. The fourth-order valence-corrected chi connectivity index (χ4v) is 2.67. The summed E-state index contributed by atoms with van der Waals surface area (Å²) < 4.78 is 5.62. The lowest BCUT2D eigenvalue weighted by Crippen LogP contribution is -2.46. The Bertz CT molecular complexity index is 270. The second kappa shape index (κ2) is 4.02. The smallest absolute Gasteiger partial charge is 0.312 e. The van der Waals surface area contributed by atoms with Crippen LogP contribution in [0.25, 0.3) is 0 Å². The summed E-state index contributed by atoms with van der Waals surface area (Å²) >= 11 is 0. The Morgan fingerprint density at radius 2 is 1.81 bits per heavy atom. The lowest BCUT2D eigenvalue weighted by Gasteiger charge is -2.37. The molecule has 1 saturated heterocycles. The van der Waals surface area contributed by atoms with Crippen LogP contribution in [0.4, 0.5) is 0 Å². The van der Waals surface area contributed by atoms with Crippen molar-refractivity contribution in [3.8, 4) is 0 Å². The van der Waals surface area contributed by atoms with E-state index in [9.17, 15) is 4.79 Å². The summed E-state index contributed by atoms with van der Waals surface area (Å²) in [5, 5.41) is 3.33. The molecule has 1 aliphatic heterocycles. The van der Waals surface area contributed by atoms with Crippen molar-refractivity contribution in [1.82, 2.24) is 5.32 Å². The van der Waals surface area contributed by atoms with E-state index >= 15 is 0 Å². The Hall–Kier alpha value is -0.570. The van der Waals surface area contributed by atoms with Crippen LogP contribution >= 0.6 is 0 Å². The van der Waals surface area contributed by atoms with Crippen LogP contribution < -0.4 is 5.32 Å². The molecule has 0 spiro atoms. The maximum atomic E-state index is 12.4. The minimum atomic E-state index is -0.357. The van der Waals surface area contributed by atoms with Crippen LogP contribution in [0.1, 0.15) is 46.5 Å². The molecule has 0 radical (unpaired) electrons. The van der Waals surface area contributed by atoms with Crippen LogP contribution in [-0.4, -0.2) is 24.7 Å². The zero-order valence-corrected chi connectivity index (χ0v) is 10.6. The van der Waals surface area contributed by atoms with Gasteiger partial charge in [-0.05, 0) is 65.5 Å². The average molecular weight is 225 g/mol. The summed E-state index contributed by atoms with van der Waals surface area (Å²) in [6, 6.07) is 0. The molecule has 0 aromatic heterocycles. The van der Waals surface area contributed by atoms with E-state index in [-0.39, 0.29) is 17.0 Å². The summed E-state index contributed by atoms with van der Waals surface area (Å²) in [6.07, 6.45) is 4.32. The Morgan fingerprint density at radius 3 is 2.25 bits per heavy atom. The molecule has 3 nitrogen and oxygen atoms in total. The largest absolute Gasteiger partial charge is 0.460 e. The SMILES string of the molecule is CC(C)(C)OC(=O)C1(C2CC2)CCNCC1. The number of nitrogens with one attached hydrogen (secondary N) is 1. The molecule has 0 aromatic carbocycles. The van der Waals surface area contributed by atoms with Gasteiger partial charge < -0.3 is 10.1 Å². The Balaban J connectivity index is 2.09. The van der Waals surface area contributed by atoms with E-state index in [1.165, 1.54) is 12.8 Å². The van der Waals surface area contributed by atoms with Gasteiger partial charge in [0.25, 0.3) is 0 Å². The maximum absolute atomic E-state index is 12.4. The minimum absolute atomic E-state index is 0.0454. The van der Waals surface area contributed by atoms with E-state index in [2.05, 4.69) is 5.32 Å². The number of ether oxygens (including phenoxy) is 1. The topological polar surface area (TPSA) is 38.3 Å². The predicted octanol–water partition coefficient (Wildman–Crippen LogP) is 2.11. The Kier molecular flexibility index (Phi) is 2.99. The second-order valence-corrected chi connectivity index (χ2v) is 6.18. The van der Waals surface area contributed by atoms with E-state index in [4.69, 9.17) is 4.74 Å². The van der Waals surface area contributed by atoms with Crippen LogP contribution in [0.15, 0.2) is 0 Å². The fraction of sp³-hybridized carbons (Fsp3) is 0.923. The third-order valence-corrected chi connectivity index (χ3v) is 3.66. The first-order valence-corrected chi connectivity index (χ1v) is 6.38. The molecule has 1 aliphatic carbocycles. The van der Waals surface area contributed by atoms with Crippen molar-refractivity contribution < 1.29 is 9.53 Å². The van der Waals surface area contributed by atoms with Crippen molar-refractivity contribution in [1.29, 1.82) is 0 Å². The normalized spacial score (nSPS) is 25.2. The number of esters is 1. The van der Waals surface area contributed by atoms with Crippen LogP contribution in [0.2, 0.25) is 0 Å². The van der Waals surface area contributed by atoms with Gasteiger partial charge in [-0.25, -0.2) is 0 Å². The first-order valence-electron chi connectivity index (χ1n) is 6.38. The van der Waals surface area contributed by atoms with Gasteiger partial charge in [0.1, 0.15) is 5.60 Å². The number of piperidine rings is 1. The molecular weight excluding hydrogens is 202 g/mol. The molecule has 0 aromatic rings. The minimum Gasteiger partial charge on any atom is -0.460 e. The van der Waals surface area contributed by atoms with Gasteiger partial charge in [0.05, 0.1) is 5.41 Å². The molecule has 0 amide bonds. The highest BCUT2D eigenvalue weighted by molar-refractivity contribution is 5.78. The first kappa shape index (κ1) is 11.9. The summed E-state index contributed by atoms with van der Waals surface area (Å²) in [6.45, 7) is 7.76. The average Bonchev–Trinajstić information content (AvgIpc) is 2.99. The summed E-state index contributed by atoms with van der Waals surface area (Å²) in [4.78, 5) is 12.4. The van der Waals surface area contributed by atoms with Gasteiger partial charge in [-0.3, -0.25) is 4.79 Å². The number of carbonyl (C=O) groups is 1. The third-order valence-electron chi connectivity index (χ3n) is 3.66. The highest BCUT2D eigenvalue weighted by Crippen LogP contribution is 2.51. The molecule has 2 fully saturated rings. The molecule has 0 bridgehead atoms. The molecule has 2 aliphatic rings. The lowest BCUT2D eigenvalue weighted by atomic mass is 9.74. The zero-order chi connectivity index (χ0) is 11.8.